The number of hydrogen-bond acceptors (Lipinski definition) is 5. The van der Waals surface area contributed by atoms with E-state index in [1.807, 2.05) is 47.9 Å². The first-order valence-corrected chi connectivity index (χ1v) is 9.98. The van der Waals surface area contributed by atoms with Crippen LogP contribution in [0.2, 0.25) is 0 Å². The van der Waals surface area contributed by atoms with Gasteiger partial charge in [0.25, 0.3) is 11.5 Å². The zero-order chi connectivity index (χ0) is 20.3. The van der Waals surface area contributed by atoms with E-state index in [9.17, 15) is 9.59 Å². The van der Waals surface area contributed by atoms with Gasteiger partial charge >= 0.3 is 0 Å². The number of amides is 1. The molecule has 1 atom stereocenters. The third-order valence-corrected chi connectivity index (χ3v) is 6.41. The van der Waals surface area contributed by atoms with E-state index >= 15 is 0 Å². The molecule has 1 amide bonds. The summed E-state index contributed by atoms with van der Waals surface area (Å²) < 4.78 is 3.64. The zero-order valence-electron chi connectivity index (χ0n) is 17.0. The number of nitrogens with zero attached hydrogens (tertiary/aromatic N) is 6. The Hall–Kier alpha value is -3.10. The minimum absolute atomic E-state index is 0.00741. The maximum atomic E-state index is 13.4. The number of carbonyl (C=O) groups is 1. The molecule has 9 nitrogen and oxygen atoms in total. The number of aryl methyl sites for hydroxylation is 1. The van der Waals surface area contributed by atoms with Crippen LogP contribution in [-0.4, -0.2) is 62.1 Å². The smallest absolute Gasteiger partial charge is 0.259 e. The van der Waals surface area contributed by atoms with E-state index < -0.39 is 0 Å². The molecule has 0 saturated carbocycles. The minimum Gasteiger partial charge on any atom is -0.348 e. The summed E-state index contributed by atoms with van der Waals surface area (Å²) in [5.41, 5.74) is 2.76. The van der Waals surface area contributed by atoms with Gasteiger partial charge in [0.05, 0.1) is 11.9 Å². The fourth-order valence-corrected chi connectivity index (χ4v) is 4.92. The van der Waals surface area contributed by atoms with Crippen LogP contribution in [0.5, 0.6) is 0 Å². The van der Waals surface area contributed by atoms with Gasteiger partial charge in [-0.2, -0.15) is 5.10 Å². The summed E-state index contributed by atoms with van der Waals surface area (Å²) in [7, 11) is 5.65. The lowest BCUT2D eigenvalue weighted by atomic mass is 9.77. The number of hydrogen-bond donors (Lipinski definition) is 1. The second-order valence-corrected chi connectivity index (χ2v) is 8.46. The Balaban J connectivity index is 1.52. The number of piperidine rings is 1. The fourth-order valence-electron chi connectivity index (χ4n) is 4.92. The number of imidazole rings is 1. The number of anilines is 1. The highest BCUT2D eigenvalue weighted by atomic mass is 16.2. The molecule has 1 aliphatic heterocycles. The van der Waals surface area contributed by atoms with E-state index in [2.05, 4.69) is 10.1 Å². The number of likely N-dealkylation sites (tertiary alicyclic amines) is 1. The van der Waals surface area contributed by atoms with Gasteiger partial charge in [-0.25, -0.2) is 9.50 Å². The van der Waals surface area contributed by atoms with Crippen molar-refractivity contribution in [1.29, 1.82) is 0 Å². The molecule has 152 valence electrons. The van der Waals surface area contributed by atoms with Crippen LogP contribution in [0.4, 0.5) is 5.95 Å². The molecule has 1 saturated heterocycles. The molecule has 0 aromatic carbocycles. The van der Waals surface area contributed by atoms with Gasteiger partial charge in [0.1, 0.15) is 11.2 Å². The number of H-pyrrole nitrogens is 1. The van der Waals surface area contributed by atoms with Crippen molar-refractivity contribution in [2.45, 2.75) is 31.1 Å². The molecule has 0 radical (unpaired) electrons. The maximum absolute atomic E-state index is 13.4. The third kappa shape index (κ3) is 2.60. The van der Waals surface area contributed by atoms with E-state index in [0.717, 1.165) is 36.2 Å². The molecule has 4 heterocycles. The van der Waals surface area contributed by atoms with Crippen molar-refractivity contribution < 1.29 is 4.79 Å². The first-order valence-electron chi connectivity index (χ1n) is 9.98. The Morgan fingerprint density at radius 2 is 2.10 bits per heavy atom. The van der Waals surface area contributed by atoms with E-state index in [1.165, 1.54) is 0 Å². The van der Waals surface area contributed by atoms with Gasteiger partial charge < -0.3 is 14.4 Å². The molecular formula is C20H25N7O2. The number of rotatable bonds is 2. The summed E-state index contributed by atoms with van der Waals surface area (Å²) in [6.07, 6.45) is 8.79. The predicted molar refractivity (Wildman–Crippen MR) is 108 cm³/mol. The fraction of sp³-hybridized carbons (Fsp3) is 0.500. The molecule has 1 N–H and O–H groups in total. The molecule has 5 rings (SSSR count). The highest BCUT2D eigenvalue weighted by Gasteiger charge is 2.46. The van der Waals surface area contributed by atoms with Crippen LogP contribution in [0, 0.1) is 0 Å². The van der Waals surface area contributed by atoms with Crippen LogP contribution < -0.4 is 10.5 Å². The number of aromatic nitrogens is 5. The molecule has 1 spiro atoms. The molecular weight excluding hydrogens is 370 g/mol. The summed E-state index contributed by atoms with van der Waals surface area (Å²) in [5.74, 6) is 0.563. The SMILES string of the molecule is CN(C)c1nc2c(c(=O)[nH]1)CCC21CCCN(C(=O)c2cnn3ccn(C)c23)C1. The van der Waals surface area contributed by atoms with Crippen molar-refractivity contribution in [2.24, 2.45) is 7.05 Å². The monoisotopic (exact) mass is 395 g/mol. The minimum atomic E-state index is -0.247. The Kier molecular flexibility index (Phi) is 3.84. The summed E-state index contributed by atoms with van der Waals surface area (Å²) in [6, 6.07) is 0. The molecule has 3 aromatic rings. The van der Waals surface area contributed by atoms with Crippen LogP contribution in [-0.2, 0) is 18.9 Å². The van der Waals surface area contributed by atoms with Crippen molar-refractivity contribution in [3.05, 3.63) is 45.8 Å². The van der Waals surface area contributed by atoms with Crippen molar-refractivity contribution in [2.75, 3.05) is 32.1 Å². The molecule has 0 bridgehead atoms. The average molecular weight is 395 g/mol. The molecule has 29 heavy (non-hydrogen) atoms. The lowest BCUT2D eigenvalue weighted by molar-refractivity contribution is 0.0635. The number of nitrogens with one attached hydrogen (secondary N) is 1. The second-order valence-electron chi connectivity index (χ2n) is 8.46. The van der Waals surface area contributed by atoms with Crippen LogP contribution in [0.3, 0.4) is 0 Å². The van der Waals surface area contributed by atoms with Gasteiger partial charge in [-0.3, -0.25) is 14.6 Å². The number of aromatic amines is 1. The quantitative estimate of drug-likeness (QED) is 0.697. The van der Waals surface area contributed by atoms with Crippen LogP contribution in [0.15, 0.2) is 23.4 Å². The Bertz CT molecular complexity index is 1170. The van der Waals surface area contributed by atoms with E-state index in [1.54, 1.807) is 10.7 Å². The van der Waals surface area contributed by atoms with Crippen LogP contribution in [0.25, 0.3) is 5.65 Å². The van der Waals surface area contributed by atoms with Crippen LogP contribution >= 0.6 is 0 Å². The van der Waals surface area contributed by atoms with E-state index in [4.69, 9.17) is 4.98 Å². The molecule has 1 fully saturated rings. The Morgan fingerprint density at radius 1 is 1.28 bits per heavy atom. The molecule has 1 unspecified atom stereocenters. The van der Waals surface area contributed by atoms with Gasteiger partial charge in [-0.15, -0.1) is 0 Å². The predicted octanol–water partition coefficient (Wildman–Crippen LogP) is 0.942. The topological polar surface area (TPSA) is 91.5 Å². The third-order valence-electron chi connectivity index (χ3n) is 6.41. The molecule has 9 heteroatoms. The lowest BCUT2D eigenvalue weighted by Crippen LogP contribution is -2.48. The summed E-state index contributed by atoms with van der Waals surface area (Å²) in [4.78, 5) is 37.4. The molecule has 1 aliphatic carbocycles. The van der Waals surface area contributed by atoms with Gasteiger partial charge in [0.15, 0.2) is 0 Å². The first kappa shape index (κ1) is 18.0. The molecule has 2 aliphatic rings. The lowest BCUT2D eigenvalue weighted by Gasteiger charge is -2.40. The van der Waals surface area contributed by atoms with E-state index in [-0.39, 0.29) is 16.9 Å². The number of carbonyl (C=O) groups excluding carboxylic acids is 1. The summed E-state index contributed by atoms with van der Waals surface area (Å²) in [5, 5.41) is 4.31. The standard InChI is InChI=1S/C20H25N7O2/c1-24(2)19-22-15-13(16(28)23-19)5-7-20(15)6-4-8-26(12-20)18(29)14-11-21-27-10-9-25(3)17(14)27/h9-11H,4-8,12H2,1-3H3,(H,22,23,28). The highest BCUT2D eigenvalue weighted by molar-refractivity contribution is 6.00. The van der Waals surface area contributed by atoms with Gasteiger partial charge in [0, 0.05) is 57.6 Å². The Labute approximate surface area is 167 Å². The van der Waals surface area contributed by atoms with Crippen molar-refractivity contribution in [1.82, 2.24) is 29.0 Å². The Morgan fingerprint density at radius 3 is 2.90 bits per heavy atom. The second kappa shape index (κ2) is 6.20. The van der Waals surface area contributed by atoms with Gasteiger partial charge in [-0.05, 0) is 25.7 Å². The van der Waals surface area contributed by atoms with Gasteiger partial charge in [-0.1, -0.05) is 0 Å². The highest BCUT2D eigenvalue weighted by Crippen LogP contribution is 2.43. The van der Waals surface area contributed by atoms with Crippen molar-refractivity contribution in [3.63, 3.8) is 0 Å². The summed E-state index contributed by atoms with van der Waals surface area (Å²) >= 11 is 0. The van der Waals surface area contributed by atoms with Crippen molar-refractivity contribution in [3.8, 4) is 0 Å². The first-order chi connectivity index (χ1) is 13.9. The van der Waals surface area contributed by atoms with Crippen molar-refractivity contribution >= 4 is 17.5 Å². The summed E-state index contributed by atoms with van der Waals surface area (Å²) in [6.45, 7) is 1.30. The van der Waals surface area contributed by atoms with E-state index in [0.29, 0.717) is 31.0 Å². The molecule has 3 aromatic heterocycles. The zero-order valence-corrected chi connectivity index (χ0v) is 17.0. The normalized spacial score (nSPS) is 21.1. The van der Waals surface area contributed by atoms with Crippen LogP contribution in [0.1, 0.15) is 40.9 Å². The average Bonchev–Trinajstić information content (AvgIpc) is 3.38. The maximum Gasteiger partial charge on any atom is 0.259 e. The number of fused-ring (bicyclic) bond motifs is 3. The van der Waals surface area contributed by atoms with Gasteiger partial charge in [0.2, 0.25) is 5.95 Å². The largest absolute Gasteiger partial charge is 0.348 e.